The molecule has 166 valence electrons. The summed E-state index contributed by atoms with van der Waals surface area (Å²) < 4.78 is 7.93. The van der Waals surface area contributed by atoms with Crippen LogP contribution in [0.1, 0.15) is 38.5 Å². The van der Waals surface area contributed by atoms with Gasteiger partial charge in [0.25, 0.3) is 0 Å². The molecule has 0 saturated heterocycles. The van der Waals surface area contributed by atoms with Gasteiger partial charge in [-0.2, -0.15) is 0 Å². The maximum atomic E-state index is 5.90. The van der Waals surface area contributed by atoms with Crippen LogP contribution in [-0.2, 0) is 11.5 Å². The first-order valence-electron chi connectivity index (χ1n) is 11.6. The Morgan fingerprint density at radius 2 is 1.90 bits per heavy atom. The number of pyridine rings is 1. The standard InChI is InChI=1S/C24H35N5OSi/c1-31(2,3)16-15-30-18-29-14-12-21-24(29)26-17-22(28-21)20-11-8-13-25-23(20)27-19-9-6-4-5-7-10-19/h8,11-14,17,19H,4-7,9-10,15-16,18H2,1-3H3,(H,25,27). The first-order chi connectivity index (χ1) is 15.0. The Morgan fingerprint density at radius 1 is 1.10 bits per heavy atom. The van der Waals surface area contributed by atoms with Crippen LogP contribution in [0.25, 0.3) is 22.4 Å². The molecule has 0 bridgehead atoms. The second-order valence-corrected chi connectivity index (χ2v) is 15.5. The highest BCUT2D eigenvalue weighted by molar-refractivity contribution is 6.76. The second-order valence-electron chi connectivity index (χ2n) is 9.83. The minimum absolute atomic E-state index is 0.488. The Hall–Kier alpha value is -2.25. The Bertz CT molecular complexity index is 989. The van der Waals surface area contributed by atoms with Gasteiger partial charge >= 0.3 is 0 Å². The Labute approximate surface area is 186 Å². The molecular weight excluding hydrogens is 402 g/mol. The van der Waals surface area contributed by atoms with Gasteiger partial charge in [0, 0.05) is 38.7 Å². The molecule has 0 radical (unpaired) electrons. The third-order valence-electron chi connectivity index (χ3n) is 5.97. The van der Waals surface area contributed by atoms with Gasteiger partial charge in [0.1, 0.15) is 18.1 Å². The van der Waals surface area contributed by atoms with E-state index in [4.69, 9.17) is 14.7 Å². The quantitative estimate of drug-likeness (QED) is 0.268. The minimum atomic E-state index is -1.08. The van der Waals surface area contributed by atoms with Crippen molar-refractivity contribution in [2.45, 2.75) is 77.0 Å². The van der Waals surface area contributed by atoms with Crippen LogP contribution in [0.5, 0.6) is 0 Å². The molecule has 31 heavy (non-hydrogen) atoms. The lowest BCUT2D eigenvalue weighted by molar-refractivity contribution is 0.0899. The average Bonchev–Trinajstić information content (AvgIpc) is 2.96. The van der Waals surface area contributed by atoms with Gasteiger partial charge in [0.2, 0.25) is 0 Å². The van der Waals surface area contributed by atoms with Crippen molar-refractivity contribution in [1.29, 1.82) is 0 Å². The van der Waals surface area contributed by atoms with E-state index in [-0.39, 0.29) is 0 Å². The van der Waals surface area contributed by atoms with Crippen molar-refractivity contribution >= 4 is 25.1 Å². The molecule has 0 spiro atoms. The minimum Gasteiger partial charge on any atom is -0.367 e. The molecule has 0 aliphatic heterocycles. The van der Waals surface area contributed by atoms with Crippen molar-refractivity contribution < 1.29 is 4.74 Å². The second kappa shape index (κ2) is 9.91. The highest BCUT2D eigenvalue weighted by Gasteiger charge is 2.17. The lowest BCUT2D eigenvalue weighted by Crippen LogP contribution is -2.22. The van der Waals surface area contributed by atoms with Crippen LogP contribution in [0.15, 0.2) is 36.8 Å². The number of nitrogens with zero attached hydrogens (tertiary/aromatic N) is 4. The largest absolute Gasteiger partial charge is 0.367 e. The molecule has 6 nitrogen and oxygen atoms in total. The smallest absolute Gasteiger partial charge is 0.160 e. The third-order valence-corrected chi connectivity index (χ3v) is 7.67. The Balaban J connectivity index is 1.49. The van der Waals surface area contributed by atoms with Crippen LogP contribution in [0, 0.1) is 0 Å². The lowest BCUT2D eigenvalue weighted by atomic mass is 10.1. The normalized spacial score (nSPS) is 15.8. The van der Waals surface area contributed by atoms with Crippen LogP contribution in [0.3, 0.4) is 0 Å². The van der Waals surface area contributed by atoms with Gasteiger partial charge in [-0.15, -0.1) is 0 Å². The van der Waals surface area contributed by atoms with E-state index in [9.17, 15) is 0 Å². The van der Waals surface area contributed by atoms with Crippen molar-refractivity contribution in [1.82, 2.24) is 19.5 Å². The first kappa shape index (κ1) is 22.0. The highest BCUT2D eigenvalue weighted by Crippen LogP contribution is 2.28. The van der Waals surface area contributed by atoms with Crippen LogP contribution >= 0.6 is 0 Å². The van der Waals surface area contributed by atoms with E-state index in [1.54, 1.807) is 0 Å². The molecule has 3 aromatic heterocycles. The van der Waals surface area contributed by atoms with Gasteiger partial charge in [-0.25, -0.2) is 15.0 Å². The molecule has 0 aromatic carbocycles. The maximum absolute atomic E-state index is 5.90. The highest BCUT2D eigenvalue weighted by atomic mass is 28.3. The molecule has 7 heteroatoms. The summed E-state index contributed by atoms with van der Waals surface area (Å²) in [4.78, 5) is 14.2. The molecular formula is C24H35N5OSi. The molecule has 0 amide bonds. The zero-order valence-electron chi connectivity index (χ0n) is 19.1. The average molecular weight is 438 g/mol. The molecule has 3 heterocycles. The predicted octanol–water partition coefficient (Wildman–Crippen LogP) is 5.94. The van der Waals surface area contributed by atoms with E-state index in [0.29, 0.717) is 12.8 Å². The fourth-order valence-corrected chi connectivity index (χ4v) is 4.84. The topological polar surface area (TPSA) is 64.9 Å². The fourth-order valence-electron chi connectivity index (χ4n) is 4.08. The number of fused-ring (bicyclic) bond motifs is 1. The van der Waals surface area contributed by atoms with Gasteiger partial charge in [0.15, 0.2) is 5.65 Å². The van der Waals surface area contributed by atoms with Crippen molar-refractivity contribution in [3.05, 3.63) is 36.8 Å². The number of aromatic nitrogens is 4. The summed E-state index contributed by atoms with van der Waals surface area (Å²) in [5.74, 6) is 0.914. The summed E-state index contributed by atoms with van der Waals surface area (Å²) in [7, 11) is -1.08. The van der Waals surface area contributed by atoms with Crippen LogP contribution in [-0.4, -0.2) is 40.2 Å². The van der Waals surface area contributed by atoms with Crippen LogP contribution in [0.4, 0.5) is 5.82 Å². The molecule has 1 aliphatic rings. The molecule has 1 saturated carbocycles. The maximum Gasteiger partial charge on any atom is 0.160 e. The fraction of sp³-hybridized carbons (Fsp3) is 0.542. The molecule has 1 N–H and O–H groups in total. The third kappa shape index (κ3) is 5.92. The Kier molecular flexibility index (Phi) is 7.02. The zero-order chi connectivity index (χ0) is 21.7. The predicted molar refractivity (Wildman–Crippen MR) is 130 cm³/mol. The number of hydrogen-bond acceptors (Lipinski definition) is 5. The van der Waals surface area contributed by atoms with E-state index in [0.717, 1.165) is 34.8 Å². The zero-order valence-corrected chi connectivity index (χ0v) is 20.1. The summed E-state index contributed by atoms with van der Waals surface area (Å²) in [6.07, 6.45) is 13.4. The molecule has 0 atom stereocenters. The van der Waals surface area contributed by atoms with Gasteiger partial charge in [-0.05, 0) is 37.1 Å². The number of anilines is 1. The molecule has 1 aliphatic carbocycles. The van der Waals surface area contributed by atoms with Gasteiger partial charge in [-0.3, -0.25) is 0 Å². The first-order valence-corrected chi connectivity index (χ1v) is 15.3. The summed E-state index contributed by atoms with van der Waals surface area (Å²) in [6.45, 7) is 8.42. The summed E-state index contributed by atoms with van der Waals surface area (Å²) in [5, 5.41) is 3.69. The van der Waals surface area contributed by atoms with E-state index in [1.165, 1.54) is 44.6 Å². The van der Waals surface area contributed by atoms with E-state index >= 15 is 0 Å². The number of rotatable bonds is 8. The van der Waals surface area contributed by atoms with Crippen LogP contribution < -0.4 is 5.32 Å². The van der Waals surface area contributed by atoms with Gasteiger partial charge in [-0.1, -0.05) is 45.3 Å². The summed E-state index contributed by atoms with van der Waals surface area (Å²) >= 11 is 0. The number of hydrogen-bond donors (Lipinski definition) is 1. The van der Waals surface area contributed by atoms with Gasteiger partial charge in [0.05, 0.1) is 11.9 Å². The van der Waals surface area contributed by atoms with Gasteiger partial charge < -0.3 is 14.6 Å². The number of nitrogens with one attached hydrogen (secondary N) is 1. The SMILES string of the molecule is C[Si](C)(C)CCOCn1ccc2nc(-c3cccnc3NC3CCCCCC3)cnc21. The summed E-state index contributed by atoms with van der Waals surface area (Å²) in [5.41, 5.74) is 3.61. The van der Waals surface area contributed by atoms with E-state index in [2.05, 4.69) is 36.0 Å². The lowest BCUT2D eigenvalue weighted by Gasteiger charge is -2.19. The van der Waals surface area contributed by atoms with E-state index in [1.807, 2.05) is 35.3 Å². The summed E-state index contributed by atoms with van der Waals surface area (Å²) in [6, 6.07) is 7.72. The van der Waals surface area contributed by atoms with Crippen molar-refractivity contribution in [3.8, 4) is 11.3 Å². The molecule has 3 aromatic rings. The van der Waals surface area contributed by atoms with Crippen molar-refractivity contribution in [2.75, 3.05) is 11.9 Å². The van der Waals surface area contributed by atoms with Crippen molar-refractivity contribution in [3.63, 3.8) is 0 Å². The monoisotopic (exact) mass is 437 g/mol. The van der Waals surface area contributed by atoms with Crippen LogP contribution in [0.2, 0.25) is 25.7 Å². The number of ether oxygens (including phenoxy) is 1. The molecule has 4 rings (SSSR count). The molecule has 1 fully saturated rings. The Morgan fingerprint density at radius 3 is 2.68 bits per heavy atom. The molecule has 0 unspecified atom stereocenters. The van der Waals surface area contributed by atoms with Crippen molar-refractivity contribution in [2.24, 2.45) is 0 Å². The van der Waals surface area contributed by atoms with E-state index < -0.39 is 8.07 Å².